The highest BCUT2D eigenvalue weighted by molar-refractivity contribution is 5.93. The van der Waals surface area contributed by atoms with E-state index >= 15 is 0 Å². The number of fused-ring (bicyclic) bond motifs is 4. The molecule has 0 aliphatic heterocycles. The van der Waals surface area contributed by atoms with Crippen LogP contribution in [0.3, 0.4) is 0 Å². The Hall–Kier alpha value is -1.89. The summed E-state index contributed by atoms with van der Waals surface area (Å²) in [5.74, 6) is 2.24. The smallest absolute Gasteiger partial charge is 0.156 e. The van der Waals surface area contributed by atoms with Gasteiger partial charge in [0.15, 0.2) is 5.78 Å². The number of allylic oxidation sites excluding steroid dienone is 5. The summed E-state index contributed by atoms with van der Waals surface area (Å²) in [5.41, 5.74) is 7.81. The van der Waals surface area contributed by atoms with Crippen molar-refractivity contribution in [3.63, 3.8) is 0 Å². The molecule has 2 fully saturated rings. The lowest BCUT2D eigenvalue weighted by atomic mass is 9.53. The third-order valence-corrected chi connectivity index (χ3v) is 7.89. The summed E-state index contributed by atoms with van der Waals surface area (Å²) >= 11 is 0. The van der Waals surface area contributed by atoms with Crippen molar-refractivity contribution >= 4 is 5.78 Å². The van der Waals surface area contributed by atoms with Crippen molar-refractivity contribution in [1.82, 2.24) is 0 Å². The van der Waals surface area contributed by atoms with Gasteiger partial charge in [0.1, 0.15) is 0 Å². The highest BCUT2D eigenvalue weighted by Gasteiger charge is 2.53. The van der Waals surface area contributed by atoms with Gasteiger partial charge in [-0.2, -0.15) is 0 Å². The third kappa shape index (κ3) is 2.95. The molecule has 4 aliphatic carbocycles. The SMILES string of the molecule is C=C1CCC2C3CCC4=CC(=O)CCC4=C3[C@@H](c3ccccc3)C[C@]12C.CC. The van der Waals surface area contributed by atoms with E-state index in [9.17, 15) is 4.79 Å². The fourth-order valence-corrected chi connectivity index (χ4v) is 6.55. The Balaban J connectivity index is 0.000000932. The molecule has 1 nitrogen and oxygen atoms in total. The first-order chi connectivity index (χ1) is 13.6. The van der Waals surface area contributed by atoms with Crippen LogP contribution < -0.4 is 0 Å². The fraction of sp³-hybridized carbons (Fsp3) is 0.519. The van der Waals surface area contributed by atoms with Gasteiger partial charge in [-0.05, 0) is 78.6 Å². The van der Waals surface area contributed by atoms with Crippen LogP contribution in [0.25, 0.3) is 0 Å². The summed E-state index contributed by atoms with van der Waals surface area (Å²) in [4.78, 5) is 12.0. The lowest BCUT2D eigenvalue weighted by Gasteiger charge is -2.51. The van der Waals surface area contributed by atoms with Gasteiger partial charge < -0.3 is 0 Å². The van der Waals surface area contributed by atoms with Gasteiger partial charge >= 0.3 is 0 Å². The van der Waals surface area contributed by atoms with Gasteiger partial charge in [0.25, 0.3) is 0 Å². The van der Waals surface area contributed by atoms with Crippen molar-refractivity contribution in [3.05, 3.63) is 70.8 Å². The van der Waals surface area contributed by atoms with Crippen LogP contribution >= 0.6 is 0 Å². The maximum absolute atomic E-state index is 12.0. The van der Waals surface area contributed by atoms with Crippen molar-refractivity contribution < 1.29 is 4.79 Å². The number of hydrogen-bond donors (Lipinski definition) is 0. The predicted octanol–water partition coefficient (Wildman–Crippen LogP) is 7.17. The average Bonchev–Trinajstić information content (AvgIpc) is 3.03. The number of carbonyl (C=O) groups is 1. The van der Waals surface area contributed by atoms with Gasteiger partial charge in [0.2, 0.25) is 0 Å². The fourth-order valence-electron chi connectivity index (χ4n) is 6.55. The molecule has 0 aromatic heterocycles. The van der Waals surface area contributed by atoms with E-state index in [2.05, 4.69) is 43.8 Å². The zero-order chi connectivity index (χ0) is 19.9. The third-order valence-electron chi connectivity index (χ3n) is 7.89. The number of hydrogen-bond acceptors (Lipinski definition) is 1. The van der Waals surface area contributed by atoms with E-state index in [0.717, 1.165) is 18.8 Å². The van der Waals surface area contributed by atoms with Crippen molar-refractivity contribution in [2.24, 2.45) is 17.3 Å². The van der Waals surface area contributed by atoms with Crippen LogP contribution in [0.15, 0.2) is 65.3 Å². The summed E-state index contributed by atoms with van der Waals surface area (Å²) in [5, 5.41) is 0. The largest absolute Gasteiger partial charge is 0.295 e. The highest BCUT2D eigenvalue weighted by Crippen LogP contribution is 2.65. The molecule has 28 heavy (non-hydrogen) atoms. The van der Waals surface area contributed by atoms with Crippen molar-refractivity contribution in [2.45, 2.75) is 71.6 Å². The standard InChI is InChI=1S/C25H28O.C2H6/c1-16-8-13-23-21-11-9-18-14-19(26)10-12-20(18)24(21)22(15-25(16,23)2)17-6-4-3-5-7-17;1-2/h3-7,14,21-23H,1,8-13,15H2,2H3;1-2H3/t21?,22-,23?,25-;/m1./s1. The van der Waals surface area contributed by atoms with Crippen LogP contribution in [-0.2, 0) is 4.79 Å². The van der Waals surface area contributed by atoms with E-state index in [1.807, 2.05) is 19.9 Å². The molecule has 0 heterocycles. The predicted molar refractivity (Wildman–Crippen MR) is 117 cm³/mol. The number of benzene rings is 1. The molecular weight excluding hydrogens is 340 g/mol. The molecule has 0 saturated heterocycles. The Morgan fingerprint density at radius 2 is 1.75 bits per heavy atom. The number of ketones is 1. The van der Waals surface area contributed by atoms with Gasteiger partial charge in [-0.25, -0.2) is 0 Å². The summed E-state index contributed by atoms with van der Waals surface area (Å²) in [7, 11) is 0. The number of rotatable bonds is 1. The minimum Gasteiger partial charge on any atom is -0.295 e. The second kappa shape index (κ2) is 7.50. The van der Waals surface area contributed by atoms with Crippen molar-refractivity contribution in [2.75, 3.05) is 0 Å². The van der Waals surface area contributed by atoms with E-state index in [4.69, 9.17) is 0 Å². The van der Waals surface area contributed by atoms with Crippen molar-refractivity contribution in [3.8, 4) is 0 Å². The van der Waals surface area contributed by atoms with Gasteiger partial charge in [-0.3, -0.25) is 4.79 Å². The van der Waals surface area contributed by atoms with E-state index in [1.165, 1.54) is 42.4 Å². The van der Waals surface area contributed by atoms with E-state index in [-0.39, 0.29) is 5.41 Å². The van der Waals surface area contributed by atoms with Gasteiger partial charge in [-0.15, -0.1) is 0 Å². The molecule has 0 spiro atoms. The van der Waals surface area contributed by atoms with E-state index in [1.54, 1.807) is 11.1 Å². The highest BCUT2D eigenvalue weighted by atomic mass is 16.1. The van der Waals surface area contributed by atoms with E-state index < -0.39 is 0 Å². The van der Waals surface area contributed by atoms with Crippen LogP contribution in [0, 0.1) is 17.3 Å². The molecule has 1 heteroatoms. The minimum absolute atomic E-state index is 0.279. The second-order valence-electron chi connectivity index (χ2n) is 9.05. The first-order valence-corrected chi connectivity index (χ1v) is 11.3. The van der Waals surface area contributed by atoms with Crippen LogP contribution in [0.4, 0.5) is 0 Å². The lowest BCUT2D eigenvalue weighted by molar-refractivity contribution is -0.114. The molecule has 0 radical (unpaired) electrons. The zero-order valence-electron chi connectivity index (χ0n) is 17.8. The second-order valence-corrected chi connectivity index (χ2v) is 9.05. The average molecular weight is 375 g/mol. The number of carbonyl (C=O) groups excluding carboxylic acids is 1. The molecule has 4 atom stereocenters. The topological polar surface area (TPSA) is 17.1 Å². The Kier molecular flexibility index (Phi) is 5.21. The monoisotopic (exact) mass is 374 g/mol. The Morgan fingerprint density at radius 3 is 2.50 bits per heavy atom. The summed E-state index contributed by atoms with van der Waals surface area (Å²) < 4.78 is 0. The van der Waals surface area contributed by atoms with Crippen LogP contribution in [-0.4, -0.2) is 5.78 Å². The maximum atomic E-state index is 12.0. The molecule has 1 aromatic carbocycles. The molecule has 0 N–H and O–H groups in total. The van der Waals surface area contributed by atoms with Gasteiger partial charge in [0.05, 0.1) is 0 Å². The molecule has 1 aromatic rings. The van der Waals surface area contributed by atoms with Crippen LogP contribution in [0.5, 0.6) is 0 Å². The van der Waals surface area contributed by atoms with Crippen molar-refractivity contribution in [1.29, 1.82) is 0 Å². The Morgan fingerprint density at radius 1 is 1.00 bits per heavy atom. The quantitative estimate of drug-likeness (QED) is 0.476. The Bertz CT molecular complexity index is 840. The maximum Gasteiger partial charge on any atom is 0.156 e. The molecule has 5 rings (SSSR count). The molecule has 2 saturated carbocycles. The first kappa shape index (κ1) is 19.4. The van der Waals surface area contributed by atoms with E-state index in [0.29, 0.717) is 24.0 Å². The summed E-state index contributed by atoms with van der Waals surface area (Å²) in [6.45, 7) is 11.0. The Labute approximate surface area is 170 Å². The molecule has 2 unspecified atom stereocenters. The van der Waals surface area contributed by atoms with Gasteiger partial charge in [0, 0.05) is 12.3 Å². The summed E-state index contributed by atoms with van der Waals surface area (Å²) in [6, 6.07) is 11.1. The summed E-state index contributed by atoms with van der Waals surface area (Å²) in [6.07, 6.45) is 9.63. The molecule has 148 valence electrons. The van der Waals surface area contributed by atoms with Crippen LogP contribution in [0.1, 0.15) is 77.2 Å². The first-order valence-electron chi connectivity index (χ1n) is 11.3. The molecular formula is C27H34O. The normalized spacial score (nSPS) is 34.0. The molecule has 0 bridgehead atoms. The van der Waals surface area contributed by atoms with Crippen LogP contribution in [0.2, 0.25) is 0 Å². The lowest BCUT2D eigenvalue weighted by Crippen LogP contribution is -2.41. The molecule has 0 amide bonds. The molecule has 4 aliphatic rings. The van der Waals surface area contributed by atoms with Gasteiger partial charge in [-0.1, -0.05) is 68.8 Å². The minimum atomic E-state index is 0.279. The zero-order valence-corrected chi connectivity index (χ0v) is 17.8.